The Morgan fingerprint density at radius 3 is 2.50 bits per heavy atom. The van der Waals surface area contributed by atoms with E-state index in [0.29, 0.717) is 5.88 Å². The van der Waals surface area contributed by atoms with E-state index in [4.69, 9.17) is 4.74 Å². The topological polar surface area (TPSA) is 51.1 Å². The lowest BCUT2D eigenvalue weighted by Crippen LogP contribution is -2.30. The number of ether oxygens (including phenoxy) is 1. The Balaban J connectivity index is 2.23. The number of hydrogen-bond acceptors (Lipinski definition) is 5. The molecule has 1 saturated heterocycles. The molecule has 1 aliphatic rings. The van der Waals surface area contributed by atoms with Crippen LogP contribution in [0.2, 0.25) is 0 Å². The first-order valence-electron chi connectivity index (χ1n) is 7.14. The van der Waals surface area contributed by atoms with Crippen LogP contribution in [0.3, 0.4) is 0 Å². The third-order valence-electron chi connectivity index (χ3n) is 3.72. The number of aryl methyl sites for hydroxylation is 2. The number of fused-ring (bicyclic) bond motifs is 1. The van der Waals surface area contributed by atoms with E-state index in [-0.39, 0.29) is 0 Å². The normalized spacial score (nSPS) is 15.7. The van der Waals surface area contributed by atoms with Crippen molar-refractivity contribution in [2.45, 2.75) is 33.1 Å². The van der Waals surface area contributed by atoms with Crippen molar-refractivity contribution >= 4 is 16.7 Å². The number of hydrogen-bond donors (Lipinski definition) is 0. The van der Waals surface area contributed by atoms with Crippen LogP contribution in [0.4, 0.5) is 5.82 Å². The molecule has 3 rings (SSSR count). The predicted octanol–water partition coefficient (Wildman–Crippen LogP) is 2.64. The Bertz CT molecular complexity index is 630. The van der Waals surface area contributed by atoms with Crippen LogP contribution in [-0.2, 0) is 0 Å². The summed E-state index contributed by atoms with van der Waals surface area (Å²) in [5.74, 6) is 2.39. The third-order valence-corrected chi connectivity index (χ3v) is 3.72. The summed E-state index contributed by atoms with van der Waals surface area (Å²) in [6.07, 6.45) is 3.73. The Kier molecular flexibility index (Phi) is 3.42. The molecule has 0 atom stereocenters. The van der Waals surface area contributed by atoms with Crippen LogP contribution < -0.4 is 9.64 Å². The van der Waals surface area contributed by atoms with Crippen molar-refractivity contribution in [3.63, 3.8) is 0 Å². The number of aromatic nitrogens is 3. The van der Waals surface area contributed by atoms with Gasteiger partial charge in [0.15, 0.2) is 0 Å². The Morgan fingerprint density at radius 1 is 1.05 bits per heavy atom. The number of methoxy groups -OCH3 is 1. The van der Waals surface area contributed by atoms with Gasteiger partial charge in [-0.1, -0.05) is 0 Å². The number of piperidine rings is 1. The summed E-state index contributed by atoms with van der Waals surface area (Å²) in [6, 6.07) is 2.00. The molecule has 0 unspecified atom stereocenters. The quantitative estimate of drug-likeness (QED) is 0.841. The minimum atomic E-state index is 0.626. The summed E-state index contributed by atoms with van der Waals surface area (Å²) in [5, 5.41) is 0.936. The van der Waals surface area contributed by atoms with E-state index >= 15 is 0 Å². The minimum absolute atomic E-state index is 0.626. The summed E-state index contributed by atoms with van der Waals surface area (Å²) in [6.45, 7) is 5.99. The maximum absolute atomic E-state index is 5.46. The van der Waals surface area contributed by atoms with Crippen molar-refractivity contribution in [1.82, 2.24) is 15.0 Å². The summed E-state index contributed by atoms with van der Waals surface area (Å²) in [5.41, 5.74) is 1.83. The zero-order valence-electron chi connectivity index (χ0n) is 12.3. The van der Waals surface area contributed by atoms with Gasteiger partial charge in [0.1, 0.15) is 17.0 Å². The molecule has 0 radical (unpaired) electrons. The molecule has 1 aliphatic heterocycles. The van der Waals surface area contributed by atoms with Gasteiger partial charge in [-0.3, -0.25) is 0 Å². The number of nitrogens with zero attached hydrogens (tertiary/aromatic N) is 4. The molecule has 0 amide bonds. The zero-order valence-corrected chi connectivity index (χ0v) is 12.3. The summed E-state index contributed by atoms with van der Waals surface area (Å²) in [7, 11) is 1.65. The van der Waals surface area contributed by atoms with E-state index in [9.17, 15) is 0 Å². The molecule has 2 aromatic rings. The lowest BCUT2D eigenvalue weighted by Gasteiger charge is -2.29. The molecule has 3 heterocycles. The van der Waals surface area contributed by atoms with Crippen LogP contribution in [0.5, 0.6) is 5.88 Å². The predicted molar refractivity (Wildman–Crippen MR) is 79.4 cm³/mol. The molecule has 5 nitrogen and oxygen atoms in total. The van der Waals surface area contributed by atoms with Gasteiger partial charge in [-0.25, -0.2) is 15.0 Å². The average molecular weight is 272 g/mol. The number of anilines is 1. The largest absolute Gasteiger partial charge is 0.480 e. The van der Waals surface area contributed by atoms with E-state index in [1.54, 1.807) is 7.11 Å². The molecule has 2 aromatic heterocycles. The van der Waals surface area contributed by atoms with Gasteiger partial charge in [0, 0.05) is 18.8 Å². The van der Waals surface area contributed by atoms with Crippen molar-refractivity contribution in [2.24, 2.45) is 0 Å². The fourth-order valence-electron chi connectivity index (χ4n) is 2.82. The molecule has 106 valence electrons. The number of pyridine rings is 1. The molecule has 0 saturated carbocycles. The lowest BCUT2D eigenvalue weighted by atomic mass is 10.1. The molecular weight excluding hydrogens is 252 g/mol. The van der Waals surface area contributed by atoms with E-state index in [1.165, 1.54) is 19.3 Å². The van der Waals surface area contributed by atoms with Gasteiger partial charge in [-0.15, -0.1) is 0 Å². The summed E-state index contributed by atoms with van der Waals surface area (Å²) >= 11 is 0. The monoisotopic (exact) mass is 272 g/mol. The van der Waals surface area contributed by atoms with E-state index in [1.807, 2.05) is 19.9 Å². The highest BCUT2D eigenvalue weighted by molar-refractivity contribution is 5.94. The van der Waals surface area contributed by atoms with Crippen LogP contribution in [0.25, 0.3) is 10.9 Å². The van der Waals surface area contributed by atoms with Crippen LogP contribution in [0.15, 0.2) is 6.07 Å². The standard InChI is InChI=1S/C15H20N4O/c1-10-9-12-13(15(16-10)20-3)14(18-11(2)17-12)19-7-5-4-6-8-19/h9H,4-8H2,1-3H3. The summed E-state index contributed by atoms with van der Waals surface area (Å²) < 4.78 is 5.46. The van der Waals surface area contributed by atoms with Crippen molar-refractivity contribution in [3.8, 4) is 5.88 Å². The van der Waals surface area contributed by atoms with Gasteiger partial charge in [0.2, 0.25) is 5.88 Å². The molecular formula is C15H20N4O. The SMILES string of the molecule is COc1nc(C)cc2nc(C)nc(N3CCCCC3)c12. The molecule has 0 N–H and O–H groups in total. The fraction of sp³-hybridized carbons (Fsp3) is 0.533. The molecule has 1 fully saturated rings. The van der Waals surface area contributed by atoms with Crippen molar-refractivity contribution in [3.05, 3.63) is 17.6 Å². The van der Waals surface area contributed by atoms with Crippen molar-refractivity contribution < 1.29 is 4.74 Å². The first kappa shape index (κ1) is 13.1. The molecule has 0 aromatic carbocycles. The average Bonchev–Trinajstić information content (AvgIpc) is 2.46. The van der Waals surface area contributed by atoms with Crippen LogP contribution in [0.1, 0.15) is 30.8 Å². The van der Waals surface area contributed by atoms with Crippen LogP contribution >= 0.6 is 0 Å². The highest BCUT2D eigenvalue weighted by Crippen LogP contribution is 2.32. The summed E-state index contributed by atoms with van der Waals surface area (Å²) in [4.78, 5) is 16.0. The second kappa shape index (κ2) is 5.23. The zero-order chi connectivity index (χ0) is 14.1. The second-order valence-corrected chi connectivity index (χ2v) is 5.31. The maximum atomic E-state index is 5.46. The highest BCUT2D eigenvalue weighted by atomic mass is 16.5. The van der Waals surface area contributed by atoms with E-state index in [0.717, 1.165) is 41.3 Å². The smallest absolute Gasteiger partial charge is 0.226 e. The van der Waals surface area contributed by atoms with Gasteiger partial charge >= 0.3 is 0 Å². The molecule has 0 aliphatic carbocycles. The Labute approximate surface area is 119 Å². The Hall–Kier alpha value is -1.91. The van der Waals surface area contributed by atoms with Crippen LogP contribution in [-0.4, -0.2) is 35.2 Å². The van der Waals surface area contributed by atoms with Gasteiger partial charge < -0.3 is 9.64 Å². The van der Waals surface area contributed by atoms with Crippen LogP contribution in [0, 0.1) is 13.8 Å². The number of rotatable bonds is 2. The van der Waals surface area contributed by atoms with Gasteiger partial charge in [0.05, 0.1) is 12.6 Å². The Morgan fingerprint density at radius 2 is 1.80 bits per heavy atom. The maximum Gasteiger partial charge on any atom is 0.226 e. The second-order valence-electron chi connectivity index (χ2n) is 5.31. The van der Waals surface area contributed by atoms with Gasteiger partial charge in [0.25, 0.3) is 0 Å². The van der Waals surface area contributed by atoms with Gasteiger partial charge in [-0.2, -0.15) is 0 Å². The first-order chi connectivity index (χ1) is 9.69. The molecule has 5 heteroatoms. The lowest BCUT2D eigenvalue weighted by molar-refractivity contribution is 0.402. The fourth-order valence-corrected chi connectivity index (χ4v) is 2.82. The molecule has 0 spiro atoms. The van der Waals surface area contributed by atoms with Crippen molar-refractivity contribution in [2.75, 3.05) is 25.1 Å². The minimum Gasteiger partial charge on any atom is -0.480 e. The van der Waals surface area contributed by atoms with E-state index < -0.39 is 0 Å². The van der Waals surface area contributed by atoms with Crippen molar-refractivity contribution in [1.29, 1.82) is 0 Å². The third kappa shape index (κ3) is 2.28. The van der Waals surface area contributed by atoms with E-state index in [2.05, 4.69) is 19.9 Å². The first-order valence-corrected chi connectivity index (χ1v) is 7.14. The molecule has 20 heavy (non-hydrogen) atoms. The van der Waals surface area contributed by atoms with Gasteiger partial charge in [-0.05, 0) is 39.2 Å². The molecule has 0 bridgehead atoms. The highest BCUT2D eigenvalue weighted by Gasteiger charge is 2.20.